The molecule has 2 aromatic rings. The van der Waals surface area contributed by atoms with E-state index in [9.17, 15) is 10.2 Å². The summed E-state index contributed by atoms with van der Waals surface area (Å²) >= 11 is 0. The van der Waals surface area contributed by atoms with E-state index in [1.165, 1.54) is 5.56 Å². The first kappa shape index (κ1) is 22.5. The van der Waals surface area contributed by atoms with Crippen molar-refractivity contribution in [3.8, 4) is 11.8 Å². The summed E-state index contributed by atoms with van der Waals surface area (Å²) in [6.45, 7) is 10.2. The molecular weight excluding hydrogens is 374 g/mol. The Morgan fingerprint density at radius 3 is 2.53 bits per heavy atom. The predicted octanol–water partition coefficient (Wildman–Crippen LogP) is 2.58. The van der Waals surface area contributed by atoms with Crippen LogP contribution in [0, 0.1) is 18.8 Å². The normalized spacial score (nSPS) is 18.1. The highest BCUT2D eigenvalue weighted by molar-refractivity contribution is 5.37. The Hall–Kier alpha value is -2.23. The van der Waals surface area contributed by atoms with Gasteiger partial charge in [-0.15, -0.1) is 0 Å². The quantitative estimate of drug-likeness (QED) is 0.721. The van der Waals surface area contributed by atoms with Gasteiger partial charge in [-0.2, -0.15) is 0 Å². The summed E-state index contributed by atoms with van der Waals surface area (Å²) in [4.78, 5) is 9.55. The fourth-order valence-electron chi connectivity index (χ4n) is 3.80. The van der Waals surface area contributed by atoms with Gasteiger partial charge in [-0.3, -0.25) is 14.8 Å². The van der Waals surface area contributed by atoms with Crippen LogP contribution in [0.4, 0.5) is 0 Å². The zero-order valence-electron chi connectivity index (χ0n) is 18.3. The Kier molecular flexibility index (Phi) is 7.63. The van der Waals surface area contributed by atoms with E-state index in [-0.39, 0.29) is 6.61 Å². The lowest BCUT2D eigenvalue weighted by atomic mass is 10.1. The summed E-state index contributed by atoms with van der Waals surface area (Å²) in [7, 11) is 0. The molecule has 1 atom stereocenters. The van der Waals surface area contributed by atoms with Crippen molar-refractivity contribution in [2.24, 2.45) is 0 Å². The van der Waals surface area contributed by atoms with E-state index in [0.717, 1.165) is 56.1 Å². The number of aryl methyl sites for hydroxylation is 1. The van der Waals surface area contributed by atoms with Gasteiger partial charge in [0.25, 0.3) is 0 Å². The van der Waals surface area contributed by atoms with Gasteiger partial charge in [-0.25, -0.2) is 0 Å². The van der Waals surface area contributed by atoms with Crippen LogP contribution in [0.25, 0.3) is 0 Å². The first-order chi connectivity index (χ1) is 14.3. The van der Waals surface area contributed by atoms with Crippen LogP contribution in [0.15, 0.2) is 42.5 Å². The van der Waals surface area contributed by atoms with Crippen LogP contribution in [0.3, 0.4) is 0 Å². The molecule has 0 amide bonds. The molecule has 0 saturated carbocycles. The standard InChI is InChI=1S/C25H33N3O2/c1-20-5-4-6-23(26-20)18-28-15-14-27(19-24(28)12-16-29)17-22-9-7-21(8-10-22)11-13-25(2,3)30/h4-10,24,29-30H,12,14-19H2,1-3H3/t24-/m0/s1. The number of aromatic nitrogens is 1. The van der Waals surface area contributed by atoms with Crippen LogP contribution < -0.4 is 0 Å². The van der Waals surface area contributed by atoms with Crippen LogP contribution in [0.5, 0.6) is 0 Å². The van der Waals surface area contributed by atoms with Gasteiger partial charge in [-0.1, -0.05) is 30.0 Å². The van der Waals surface area contributed by atoms with Gasteiger partial charge in [0.2, 0.25) is 0 Å². The zero-order chi connectivity index (χ0) is 21.6. The van der Waals surface area contributed by atoms with Crippen LogP contribution in [-0.4, -0.2) is 62.9 Å². The molecule has 1 aromatic carbocycles. The molecule has 0 aliphatic carbocycles. The largest absolute Gasteiger partial charge is 0.396 e. The molecule has 1 aliphatic heterocycles. The average molecular weight is 408 g/mol. The van der Waals surface area contributed by atoms with Crippen molar-refractivity contribution in [2.75, 3.05) is 26.2 Å². The minimum Gasteiger partial charge on any atom is -0.396 e. The molecule has 5 heteroatoms. The maximum atomic E-state index is 9.74. The molecule has 2 heterocycles. The Morgan fingerprint density at radius 1 is 1.10 bits per heavy atom. The van der Waals surface area contributed by atoms with Crippen LogP contribution in [-0.2, 0) is 13.1 Å². The monoisotopic (exact) mass is 407 g/mol. The lowest BCUT2D eigenvalue weighted by Gasteiger charge is -2.41. The lowest BCUT2D eigenvalue weighted by molar-refractivity contribution is 0.0491. The number of hydrogen-bond donors (Lipinski definition) is 2. The van der Waals surface area contributed by atoms with Crippen molar-refractivity contribution in [2.45, 2.75) is 51.9 Å². The molecule has 0 unspecified atom stereocenters. The zero-order valence-corrected chi connectivity index (χ0v) is 18.3. The third kappa shape index (κ3) is 6.93. The summed E-state index contributed by atoms with van der Waals surface area (Å²) in [5.74, 6) is 5.87. The summed E-state index contributed by atoms with van der Waals surface area (Å²) in [6.07, 6.45) is 0.772. The van der Waals surface area contributed by atoms with Gasteiger partial charge >= 0.3 is 0 Å². The summed E-state index contributed by atoms with van der Waals surface area (Å²) in [6, 6.07) is 14.7. The van der Waals surface area contributed by atoms with E-state index in [2.05, 4.69) is 50.9 Å². The fourth-order valence-corrected chi connectivity index (χ4v) is 3.80. The van der Waals surface area contributed by atoms with Gasteiger partial charge in [0.15, 0.2) is 0 Å². The number of benzene rings is 1. The van der Waals surface area contributed by atoms with Crippen molar-refractivity contribution in [3.05, 3.63) is 65.0 Å². The van der Waals surface area contributed by atoms with E-state index in [1.54, 1.807) is 13.8 Å². The molecule has 160 valence electrons. The molecule has 2 N–H and O–H groups in total. The number of hydrogen-bond acceptors (Lipinski definition) is 5. The van der Waals surface area contributed by atoms with E-state index >= 15 is 0 Å². The first-order valence-electron chi connectivity index (χ1n) is 10.7. The van der Waals surface area contributed by atoms with Gasteiger partial charge in [-0.05, 0) is 57.0 Å². The summed E-state index contributed by atoms with van der Waals surface area (Å²) < 4.78 is 0. The molecule has 5 nitrogen and oxygen atoms in total. The number of aliphatic hydroxyl groups excluding tert-OH is 1. The average Bonchev–Trinajstić information content (AvgIpc) is 2.69. The Labute approximate surface area is 180 Å². The van der Waals surface area contributed by atoms with E-state index in [0.29, 0.717) is 6.04 Å². The van der Waals surface area contributed by atoms with Gasteiger partial charge in [0.05, 0.1) is 5.69 Å². The van der Waals surface area contributed by atoms with E-state index in [4.69, 9.17) is 0 Å². The number of aliphatic hydroxyl groups is 2. The molecule has 0 radical (unpaired) electrons. The van der Waals surface area contributed by atoms with Crippen LogP contribution in [0.1, 0.15) is 42.8 Å². The smallest absolute Gasteiger partial charge is 0.120 e. The molecular formula is C25H33N3O2. The summed E-state index contributed by atoms with van der Waals surface area (Å²) in [5, 5.41) is 19.3. The molecule has 1 aliphatic rings. The molecule has 3 rings (SSSR count). The topological polar surface area (TPSA) is 59.8 Å². The van der Waals surface area contributed by atoms with Crippen molar-refractivity contribution >= 4 is 0 Å². The molecule has 30 heavy (non-hydrogen) atoms. The third-order valence-electron chi connectivity index (χ3n) is 5.34. The highest BCUT2D eigenvalue weighted by Crippen LogP contribution is 2.18. The van der Waals surface area contributed by atoms with E-state index in [1.807, 2.05) is 25.1 Å². The lowest BCUT2D eigenvalue weighted by Crippen LogP contribution is -2.52. The van der Waals surface area contributed by atoms with Crippen molar-refractivity contribution in [1.29, 1.82) is 0 Å². The van der Waals surface area contributed by atoms with Gasteiger partial charge < -0.3 is 10.2 Å². The molecule has 0 spiro atoms. The Morgan fingerprint density at radius 2 is 1.87 bits per heavy atom. The molecule has 1 saturated heterocycles. The van der Waals surface area contributed by atoms with E-state index < -0.39 is 5.60 Å². The van der Waals surface area contributed by atoms with Crippen molar-refractivity contribution in [3.63, 3.8) is 0 Å². The Bertz CT molecular complexity index is 878. The Balaban J connectivity index is 1.60. The van der Waals surface area contributed by atoms with Gasteiger partial charge in [0.1, 0.15) is 5.60 Å². The highest BCUT2D eigenvalue weighted by atomic mass is 16.3. The second-order valence-electron chi connectivity index (χ2n) is 8.65. The maximum absolute atomic E-state index is 9.74. The van der Waals surface area contributed by atoms with Crippen LogP contribution >= 0.6 is 0 Å². The van der Waals surface area contributed by atoms with Crippen LogP contribution in [0.2, 0.25) is 0 Å². The minimum absolute atomic E-state index is 0.199. The molecule has 1 fully saturated rings. The number of pyridine rings is 1. The second-order valence-corrected chi connectivity index (χ2v) is 8.65. The van der Waals surface area contributed by atoms with Gasteiger partial charge in [0, 0.05) is 56.6 Å². The number of nitrogens with zero attached hydrogens (tertiary/aromatic N) is 3. The van der Waals surface area contributed by atoms with Crippen molar-refractivity contribution in [1.82, 2.24) is 14.8 Å². The first-order valence-corrected chi connectivity index (χ1v) is 10.7. The molecule has 1 aromatic heterocycles. The predicted molar refractivity (Wildman–Crippen MR) is 120 cm³/mol. The SMILES string of the molecule is Cc1cccc(CN2CCN(Cc3ccc(C#CC(C)(C)O)cc3)C[C@@H]2CCO)n1. The van der Waals surface area contributed by atoms with Crippen molar-refractivity contribution < 1.29 is 10.2 Å². The third-order valence-corrected chi connectivity index (χ3v) is 5.34. The second kappa shape index (κ2) is 10.2. The summed E-state index contributed by atoms with van der Waals surface area (Å²) in [5.41, 5.74) is 3.32. The minimum atomic E-state index is -0.978. The number of rotatable bonds is 6. The molecule has 0 bridgehead atoms. The fraction of sp³-hybridized carbons (Fsp3) is 0.480. The maximum Gasteiger partial charge on any atom is 0.120 e. The number of piperazine rings is 1. The highest BCUT2D eigenvalue weighted by Gasteiger charge is 2.27.